The molecule has 0 amide bonds. The number of benzene rings is 2. The number of anilines is 1. The van der Waals surface area contributed by atoms with Gasteiger partial charge in [-0.2, -0.15) is 0 Å². The Balaban J connectivity index is 2.10. The lowest BCUT2D eigenvalue weighted by Crippen LogP contribution is -2.07. The summed E-state index contributed by atoms with van der Waals surface area (Å²) in [4.78, 5) is 11.9. The Kier molecular flexibility index (Phi) is 4.16. The molecule has 2 N–H and O–H groups in total. The smallest absolute Gasteiger partial charge is 0.339 e. The highest BCUT2D eigenvalue weighted by Crippen LogP contribution is 2.24. The van der Waals surface area contributed by atoms with E-state index in [0.29, 0.717) is 21.3 Å². The maximum atomic E-state index is 13.4. The minimum Gasteiger partial charge on any atom is -0.457 e. The van der Waals surface area contributed by atoms with Gasteiger partial charge in [0.15, 0.2) is 0 Å². The van der Waals surface area contributed by atoms with Gasteiger partial charge in [0, 0.05) is 11.3 Å². The van der Waals surface area contributed by atoms with Gasteiger partial charge in [0.2, 0.25) is 0 Å². The molecular weight excluding hydrogens is 313 g/mol. The molecule has 0 unspecified atom stereocenters. The van der Waals surface area contributed by atoms with Crippen molar-refractivity contribution >= 4 is 27.6 Å². The number of ether oxygens (including phenoxy) is 1. The predicted molar refractivity (Wildman–Crippen MR) is 74.1 cm³/mol. The highest BCUT2D eigenvalue weighted by Gasteiger charge is 2.14. The van der Waals surface area contributed by atoms with Gasteiger partial charge in [-0.3, -0.25) is 0 Å². The largest absolute Gasteiger partial charge is 0.457 e. The lowest BCUT2D eigenvalue weighted by molar-refractivity contribution is 0.0468. The minimum atomic E-state index is -0.553. The highest BCUT2D eigenvalue weighted by molar-refractivity contribution is 9.10. The van der Waals surface area contributed by atoms with Crippen molar-refractivity contribution in [2.75, 3.05) is 5.73 Å². The topological polar surface area (TPSA) is 52.3 Å². The van der Waals surface area contributed by atoms with Crippen molar-refractivity contribution in [1.82, 2.24) is 0 Å². The van der Waals surface area contributed by atoms with Crippen LogP contribution < -0.4 is 5.73 Å². The van der Waals surface area contributed by atoms with Crippen molar-refractivity contribution < 1.29 is 13.9 Å². The number of carbonyl (C=O) groups excluding carboxylic acids is 1. The summed E-state index contributed by atoms with van der Waals surface area (Å²) >= 11 is 3.22. The summed E-state index contributed by atoms with van der Waals surface area (Å²) in [7, 11) is 0. The molecule has 5 heteroatoms. The van der Waals surface area contributed by atoms with Crippen LogP contribution in [0.25, 0.3) is 0 Å². The Labute approximate surface area is 118 Å². The lowest BCUT2D eigenvalue weighted by atomic mass is 10.2. The quantitative estimate of drug-likeness (QED) is 0.694. The van der Waals surface area contributed by atoms with E-state index in [2.05, 4.69) is 15.9 Å². The zero-order valence-corrected chi connectivity index (χ0v) is 11.5. The molecule has 0 aliphatic heterocycles. The first-order chi connectivity index (χ1) is 9.09. The molecule has 0 saturated heterocycles. The van der Waals surface area contributed by atoms with Crippen LogP contribution in [0.15, 0.2) is 46.9 Å². The van der Waals surface area contributed by atoms with Gasteiger partial charge in [0.1, 0.15) is 12.4 Å². The molecular formula is C14H11BrFNO2. The van der Waals surface area contributed by atoms with Crippen molar-refractivity contribution in [2.24, 2.45) is 0 Å². The number of halogens is 2. The molecule has 0 aliphatic rings. The van der Waals surface area contributed by atoms with Gasteiger partial charge in [-0.15, -0.1) is 0 Å². The van der Waals surface area contributed by atoms with Crippen molar-refractivity contribution in [3.8, 4) is 0 Å². The molecule has 0 saturated carbocycles. The first kappa shape index (κ1) is 13.5. The fourth-order valence-corrected chi connectivity index (χ4v) is 1.97. The molecule has 0 aliphatic carbocycles. The van der Waals surface area contributed by atoms with Crippen LogP contribution in [-0.2, 0) is 11.3 Å². The Morgan fingerprint density at radius 3 is 2.68 bits per heavy atom. The Bertz CT molecular complexity index is 616. The van der Waals surface area contributed by atoms with Gasteiger partial charge in [-0.05, 0) is 34.1 Å². The van der Waals surface area contributed by atoms with Gasteiger partial charge < -0.3 is 10.5 Å². The van der Waals surface area contributed by atoms with E-state index in [1.165, 1.54) is 6.07 Å². The molecule has 2 aromatic rings. The molecule has 0 bridgehead atoms. The average molecular weight is 324 g/mol. The third kappa shape index (κ3) is 3.12. The molecule has 0 aromatic heterocycles. The maximum absolute atomic E-state index is 13.4. The Hall–Kier alpha value is -1.88. The van der Waals surface area contributed by atoms with Gasteiger partial charge in [0.05, 0.1) is 10.0 Å². The fourth-order valence-electron chi connectivity index (χ4n) is 1.54. The van der Waals surface area contributed by atoms with Crippen molar-refractivity contribution in [3.05, 3.63) is 63.9 Å². The number of hydrogen-bond acceptors (Lipinski definition) is 3. The number of esters is 1. The summed E-state index contributed by atoms with van der Waals surface area (Å²) in [5, 5.41) is 0. The van der Waals surface area contributed by atoms with Crippen LogP contribution in [0.2, 0.25) is 0 Å². The summed E-state index contributed by atoms with van der Waals surface area (Å²) in [5.74, 6) is -0.954. The maximum Gasteiger partial charge on any atom is 0.339 e. The number of nitrogen functional groups attached to an aromatic ring is 1. The van der Waals surface area contributed by atoms with E-state index in [0.717, 1.165) is 0 Å². The van der Waals surface area contributed by atoms with E-state index in [4.69, 9.17) is 10.5 Å². The van der Waals surface area contributed by atoms with Crippen LogP contribution in [0.3, 0.4) is 0 Å². The zero-order chi connectivity index (χ0) is 13.8. The number of nitrogens with two attached hydrogens (primary N) is 1. The van der Waals surface area contributed by atoms with Gasteiger partial charge in [-0.25, -0.2) is 9.18 Å². The molecule has 0 atom stereocenters. The van der Waals surface area contributed by atoms with E-state index in [-0.39, 0.29) is 6.61 Å². The normalized spacial score (nSPS) is 10.2. The zero-order valence-electron chi connectivity index (χ0n) is 9.90. The molecule has 0 radical (unpaired) electrons. The average Bonchev–Trinajstić information content (AvgIpc) is 2.40. The van der Waals surface area contributed by atoms with Crippen LogP contribution in [-0.4, -0.2) is 5.97 Å². The van der Waals surface area contributed by atoms with Crippen LogP contribution in [0, 0.1) is 5.82 Å². The third-order valence-corrected chi connectivity index (χ3v) is 3.45. The van der Waals surface area contributed by atoms with E-state index in [1.54, 1.807) is 36.4 Å². The minimum absolute atomic E-state index is 0.118. The van der Waals surface area contributed by atoms with Crippen LogP contribution in [0.1, 0.15) is 15.9 Å². The van der Waals surface area contributed by atoms with Gasteiger partial charge in [-0.1, -0.05) is 24.3 Å². The summed E-state index contributed by atoms with van der Waals surface area (Å²) in [5.41, 5.74) is 6.77. The van der Waals surface area contributed by atoms with Gasteiger partial charge in [0.25, 0.3) is 0 Å². The summed E-state index contributed by atoms with van der Waals surface area (Å²) < 4.78 is 18.9. The second kappa shape index (κ2) is 5.84. The summed E-state index contributed by atoms with van der Waals surface area (Å²) in [6.45, 7) is -0.118. The molecule has 0 spiro atoms. The van der Waals surface area contributed by atoms with Crippen LogP contribution in [0.5, 0.6) is 0 Å². The van der Waals surface area contributed by atoms with E-state index in [1.807, 2.05) is 0 Å². The molecule has 2 aromatic carbocycles. The summed E-state index contributed by atoms with van der Waals surface area (Å²) in [6, 6.07) is 11.1. The van der Waals surface area contributed by atoms with Crippen LogP contribution in [0.4, 0.5) is 10.1 Å². The Morgan fingerprint density at radius 1 is 1.21 bits per heavy atom. The predicted octanol–water partition coefficient (Wildman–Crippen LogP) is 3.53. The fraction of sp³-hybridized carbons (Fsp3) is 0.0714. The number of rotatable bonds is 3. The third-order valence-electron chi connectivity index (χ3n) is 2.57. The van der Waals surface area contributed by atoms with E-state index < -0.39 is 11.8 Å². The lowest BCUT2D eigenvalue weighted by Gasteiger charge is -2.08. The number of hydrogen-bond donors (Lipinski definition) is 1. The van der Waals surface area contributed by atoms with Crippen molar-refractivity contribution in [3.63, 3.8) is 0 Å². The molecule has 98 valence electrons. The standard InChI is InChI=1S/C14H11BrFNO2/c15-13-10(5-3-7-12(13)17)14(18)19-8-9-4-1-2-6-11(9)16/h1-7H,8,17H2. The SMILES string of the molecule is Nc1cccc(C(=O)OCc2ccccc2F)c1Br. The molecule has 2 rings (SSSR count). The second-order valence-corrected chi connectivity index (χ2v) is 4.67. The van der Waals surface area contributed by atoms with Crippen molar-refractivity contribution in [2.45, 2.75) is 6.61 Å². The monoisotopic (exact) mass is 323 g/mol. The highest BCUT2D eigenvalue weighted by atomic mass is 79.9. The molecule has 19 heavy (non-hydrogen) atoms. The van der Waals surface area contributed by atoms with Crippen molar-refractivity contribution in [1.29, 1.82) is 0 Å². The van der Waals surface area contributed by atoms with Gasteiger partial charge >= 0.3 is 5.97 Å². The van der Waals surface area contributed by atoms with E-state index in [9.17, 15) is 9.18 Å². The first-order valence-corrected chi connectivity index (χ1v) is 6.33. The second-order valence-electron chi connectivity index (χ2n) is 3.88. The number of carbonyl (C=O) groups is 1. The molecule has 0 fully saturated rings. The van der Waals surface area contributed by atoms with E-state index >= 15 is 0 Å². The molecule has 0 heterocycles. The first-order valence-electron chi connectivity index (χ1n) is 5.54. The summed E-state index contributed by atoms with van der Waals surface area (Å²) in [6.07, 6.45) is 0. The van der Waals surface area contributed by atoms with Crippen LogP contribution >= 0.6 is 15.9 Å². The Morgan fingerprint density at radius 2 is 1.95 bits per heavy atom. The molecule has 3 nitrogen and oxygen atoms in total.